The molecule has 0 unspecified atom stereocenters. The van der Waals surface area contributed by atoms with E-state index in [1.54, 1.807) is 6.20 Å². The lowest BCUT2D eigenvalue weighted by atomic mass is 10.2. The summed E-state index contributed by atoms with van der Waals surface area (Å²) in [5.74, 6) is 0. The van der Waals surface area contributed by atoms with Gasteiger partial charge in [0, 0.05) is 17.1 Å². The quantitative estimate of drug-likeness (QED) is 0.372. The Morgan fingerprint density at radius 2 is 2.46 bits per heavy atom. The molecule has 0 aliphatic carbocycles. The maximum Gasteiger partial charge on any atom is 0.106 e. The molecule has 5 heteroatoms. The summed E-state index contributed by atoms with van der Waals surface area (Å²) in [7, 11) is 1.53. The smallest absolute Gasteiger partial charge is 0.106 e. The molecule has 70 valence electrons. The van der Waals surface area contributed by atoms with Gasteiger partial charge in [-0.15, -0.1) is 0 Å². The van der Waals surface area contributed by atoms with Crippen LogP contribution in [-0.4, -0.2) is 23.1 Å². The van der Waals surface area contributed by atoms with Crippen molar-refractivity contribution in [3.05, 3.63) is 28.5 Å². The second kappa shape index (κ2) is 5.34. The minimum Gasteiger partial charge on any atom is -0.399 e. The van der Waals surface area contributed by atoms with Gasteiger partial charge in [0.25, 0.3) is 0 Å². The van der Waals surface area contributed by atoms with E-state index in [-0.39, 0.29) is 0 Å². The Morgan fingerprint density at radius 3 is 3.00 bits per heavy atom. The third kappa shape index (κ3) is 3.08. The van der Waals surface area contributed by atoms with Gasteiger partial charge in [0.05, 0.1) is 5.71 Å². The van der Waals surface area contributed by atoms with Gasteiger partial charge in [-0.3, -0.25) is 0 Å². The molecule has 0 spiro atoms. The van der Waals surface area contributed by atoms with Crippen molar-refractivity contribution in [3.63, 3.8) is 0 Å². The van der Waals surface area contributed by atoms with Gasteiger partial charge in [-0.2, -0.15) is 0 Å². The lowest BCUT2D eigenvalue weighted by Crippen LogP contribution is -2.03. The van der Waals surface area contributed by atoms with Crippen LogP contribution in [0.3, 0.4) is 0 Å². The summed E-state index contributed by atoms with van der Waals surface area (Å²) in [5, 5.41) is 4.53. The predicted octanol–water partition coefficient (Wildman–Crippen LogP) is 2.59. The minimum atomic E-state index is 0.650. The Hall–Kier alpha value is -0.420. The fourth-order valence-corrected chi connectivity index (χ4v) is 1.64. The Kier molecular flexibility index (Phi) is 4.38. The molecular weight excluding hydrogens is 300 g/mol. The first-order chi connectivity index (χ1) is 6.27. The summed E-state index contributed by atoms with van der Waals surface area (Å²) in [5.41, 5.74) is 1.83. The first kappa shape index (κ1) is 10.7. The summed E-state index contributed by atoms with van der Waals surface area (Å²) in [4.78, 5) is 8.73. The Morgan fingerprint density at radius 1 is 1.69 bits per heavy atom. The van der Waals surface area contributed by atoms with E-state index >= 15 is 0 Å². The van der Waals surface area contributed by atoms with E-state index in [0.29, 0.717) is 5.33 Å². The van der Waals surface area contributed by atoms with E-state index in [9.17, 15) is 0 Å². The molecule has 13 heavy (non-hydrogen) atoms. The van der Waals surface area contributed by atoms with Crippen molar-refractivity contribution in [3.8, 4) is 0 Å². The largest absolute Gasteiger partial charge is 0.399 e. The molecule has 0 aromatic carbocycles. The van der Waals surface area contributed by atoms with Crippen LogP contribution in [0.25, 0.3) is 0 Å². The number of alkyl halides is 1. The Bertz CT molecular complexity index is 315. The van der Waals surface area contributed by atoms with Gasteiger partial charge in [0.15, 0.2) is 0 Å². The highest BCUT2D eigenvalue weighted by Gasteiger charge is 2.02. The Balaban J connectivity index is 2.98. The van der Waals surface area contributed by atoms with Crippen LogP contribution in [0.1, 0.15) is 5.56 Å². The molecule has 0 amide bonds. The van der Waals surface area contributed by atoms with Crippen LogP contribution in [0.4, 0.5) is 0 Å². The molecular formula is C8H8Br2N2O. The molecule has 3 nitrogen and oxygen atoms in total. The van der Waals surface area contributed by atoms with Crippen LogP contribution in [0.15, 0.2) is 28.1 Å². The number of aromatic nitrogens is 1. The SMILES string of the molecule is CO/N=C(\CBr)c1ccnc(Br)c1. The van der Waals surface area contributed by atoms with Crippen molar-refractivity contribution in [1.29, 1.82) is 0 Å². The lowest BCUT2D eigenvalue weighted by molar-refractivity contribution is 0.213. The second-order valence-corrected chi connectivity index (χ2v) is 3.59. The summed E-state index contributed by atoms with van der Waals surface area (Å²) in [6.07, 6.45) is 1.72. The zero-order valence-corrected chi connectivity index (χ0v) is 10.2. The zero-order chi connectivity index (χ0) is 9.68. The molecule has 0 aliphatic heterocycles. The van der Waals surface area contributed by atoms with Gasteiger partial charge in [-0.05, 0) is 28.1 Å². The molecule has 0 fully saturated rings. The minimum absolute atomic E-state index is 0.650. The van der Waals surface area contributed by atoms with Crippen molar-refractivity contribution < 1.29 is 4.84 Å². The standard InChI is InChI=1S/C8H8Br2N2O/c1-13-12-7(5-9)6-2-3-11-8(10)4-6/h2-4H,5H2,1H3/b12-7+. The fraction of sp³-hybridized carbons (Fsp3) is 0.250. The number of hydrogen-bond donors (Lipinski definition) is 0. The van der Waals surface area contributed by atoms with Crippen LogP contribution in [0, 0.1) is 0 Å². The molecule has 1 rings (SSSR count). The van der Waals surface area contributed by atoms with Crippen LogP contribution in [-0.2, 0) is 4.84 Å². The molecule has 1 aromatic heterocycles. The van der Waals surface area contributed by atoms with Crippen molar-refractivity contribution in [1.82, 2.24) is 4.98 Å². The summed E-state index contributed by atoms with van der Waals surface area (Å²) in [6, 6.07) is 3.77. The maximum atomic E-state index is 4.71. The molecule has 0 radical (unpaired) electrons. The monoisotopic (exact) mass is 306 g/mol. The zero-order valence-electron chi connectivity index (χ0n) is 7.00. The van der Waals surface area contributed by atoms with Gasteiger partial charge >= 0.3 is 0 Å². The highest BCUT2D eigenvalue weighted by atomic mass is 79.9. The summed E-state index contributed by atoms with van der Waals surface area (Å²) >= 11 is 6.62. The van der Waals surface area contributed by atoms with Crippen molar-refractivity contribution >= 4 is 37.6 Å². The molecule has 1 heterocycles. The molecule has 0 saturated heterocycles. The van der Waals surface area contributed by atoms with Gasteiger partial charge in [-0.1, -0.05) is 21.1 Å². The van der Waals surface area contributed by atoms with Crippen LogP contribution in [0.5, 0.6) is 0 Å². The number of oxime groups is 1. The Labute approximate surface area is 93.4 Å². The highest BCUT2D eigenvalue weighted by Crippen LogP contribution is 2.10. The van der Waals surface area contributed by atoms with E-state index in [1.807, 2.05) is 12.1 Å². The fourth-order valence-electron chi connectivity index (χ4n) is 0.846. The number of pyridine rings is 1. The number of hydrogen-bond acceptors (Lipinski definition) is 3. The average molecular weight is 308 g/mol. The van der Waals surface area contributed by atoms with Crippen molar-refractivity contribution in [2.24, 2.45) is 5.16 Å². The third-order valence-corrected chi connectivity index (χ3v) is 2.35. The summed E-state index contributed by atoms with van der Waals surface area (Å²) < 4.78 is 0.787. The number of rotatable bonds is 3. The normalized spacial score (nSPS) is 11.5. The van der Waals surface area contributed by atoms with E-state index in [0.717, 1.165) is 15.9 Å². The summed E-state index contributed by atoms with van der Waals surface area (Å²) in [6.45, 7) is 0. The van der Waals surface area contributed by atoms with E-state index in [2.05, 4.69) is 42.0 Å². The first-order valence-corrected chi connectivity index (χ1v) is 5.47. The number of nitrogens with zero attached hydrogens (tertiary/aromatic N) is 2. The van der Waals surface area contributed by atoms with E-state index in [1.165, 1.54) is 7.11 Å². The highest BCUT2D eigenvalue weighted by molar-refractivity contribution is 9.10. The van der Waals surface area contributed by atoms with Gasteiger partial charge in [-0.25, -0.2) is 4.98 Å². The topological polar surface area (TPSA) is 34.5 Å². The van der Waals surface area contributed by atoms with Crippen molar-refractivity contribution in [2.75, 3.05) is 12.4 Å². The van der Waals surface area contributed by atoms with Gasteiger partial charge in [0.2, 0.25) is 0 Å². The molecule has 0 atom stereocenters. The number of halogens is 2. The van der Waals surface area contributed by atoms with Gasteiger partial charge < -0.3 is 4.84 Å². The maximum absolute atomic E-state index is 4.71. The molecule has 0 aliphatic rings. The molecule has 0 saturated carbocycles. The third-order valence-electron chi connectivity index (χ3n) is 1.39. The molecule has 1 aromatic rings. The molecule has 0 N–H and O–H groups in total. The second-order valence-electron chi connectivity index (χ2n) is 2.22. The van der Waals surface area contributed by atoms with Crippen LogP contribution < -0.4 is 0 Å². The van der Waals surface area contributed by atoms with Crippen LogP contribution >= 0.6 is 31.9 Å². The van der Waals surface area contributed by atoms with Crippen LogP contribution in [0.2, 0.25) is 0 Å². The van der Waals surface area contributed by atoms with Gasteiger partial charge in [0.1, 0.15) is 11.7 Å². The first-order valence-electron chi connectivity index (χ1n) is 3.56. The van der Waals surface area contributed by atoms with E-state index < -0.39 is 0 Å². The molecule has 0 bridgehead atoms. The van der Waals surface area contributed by atoms with E-state index in [4.69, 9.17) is 4.84 Å². The predicted molar refractivity (Wildman–Crippen MR) is 59.3 cm³/mol. The lowest BCUT2D eigenvalue weighted by Gasteiger charge is -2.01. The average Bonchev–Trinajstić information content (AvgIpc) is 2.14. The van der Waals surface area contributed by atoms with Crippen molar-refractivity contribution in [2.45, 2.75) is 0 Å².